The quantitative estimate of drug-likeness (QED) is 0.260. The van der Waals surface area contributed by atoms with Crippen LogP contribution in [0.5, 0.6) is 11.5 Å². The van der Waals surface area contributed by atoms with Crippen LogP contribution in [-0.4, -0.2) is 70.4 Å². The van der Waals surface area contributed by atoms with Gasteiger partial charge >= 0.3 is 17.9 Å². The Labute approximate surface area is 161 Å². The summed E-state index contributed by atoms with van der Waals surface area (Å²) in [7, 11) is 1.35. The van der Waals surface area contributed by atoms with Crippen LogP contribution in [0.4, 0.5) is 0 Å². The number of carbonyl (C=O) groups excluding carboxylic acids is 4. The molecular weight excluding hydrogens is 376 g/mol. The van der Waals surface area contributed by atoms with Gasteiger partial charge in [0.05, 0.1) is 0 Å². The first-order chi connectivity index (χ1) is 13.4. The number of hydrogen-bond donors (Lipinski definition) is 0. The molecule has 0 bridgehead atoms. The fraction of sp³-hybridized carbons (Fsp3) is 0.444. The molecule has 0 aromatic heterocycles. The van der Waals surface area contributed by atoms with E-state index in [1.807, 2.05) is 0 Å². The minimum absolute atomic E-state index is 0.0295. The number of methoxy groups -OCH3 is 1. The van der Waals surface area contributed by atoms with Gasteiger partial charge in [0, 0.05) is 7.11 Å². The van der Waals surface area contributed by atoms with Crippen molar-refractivity contribution in [3.05, 3.63) is 24.3 Å². The van der Waals surface area contributed by atoms with Crippen LogP contribution in [0.3, 0.4) is 0 Å². The molecule has 0 saturated heterocycles. The van der Waals surface area contributed by atoms with Crippen LogP contribution in [0.15, 0.2) is 24.3 Å². The lowest BCUT2D eigenvalue weighted by Crippen LogP contribution is -2.22. The molecule has 0 unspecified atom stereocenters. The molecule has 0 spiro atoms. The van der Waals surface area contributed by atoms with Crippen molar-refractivity contribution in [3.63, 3.8) is 0 Å². The maximum Gasteiger partial charge on any atom is 0.344 e. The van der Waals surface area contributed by atoms with E-state index in [1.54, 1.807) is 24.3 Å². The van der Waals surface area contributed by atoms with Gasteiger partial charge in [-0.05, 0) is 31.2 Å². The fourth-order valence-corrected chi connectivity index (χ4v) is 1.65. The van der Waals surface area contributed by atoms with E-state index < -0.39 is 31.1 Å². The van der Waals surface area contributed by atoms with Crippen LogP contribution in [0.25, 0.3) is 0 Å². The van der Waals surface area contributed by atoms with Crippen LogP contribution >= 0.6 is 0 Å². The van der Waals surface area contributed by atoms with E-state index in [0.29, 0.717) is 11.5 Å². The predicted octanol–water partition coefficient (Wildman–Crippen LogP) is 0.309. The molecule has 28 heavy (non-hydrogen) atoms. The third-order valence-electron chi connectivity index (χ3n) is 2.85. The zero-order valence-electron chi connectivity index (χ0n) is 15.6. The van der Waals surface area contributed by atoms with Crippen molar-refractivity contribution >= 4 is 23.7 Å². The molecule has 154 valence electrons. The van der Waals surface area contributed by atoms with Gasteiger partial charge < -0.3 is 28.4 Å². The molecule has 0 amide bonds. The molecule has 1 rings (SSSR count). The average molecular weight is 398 g/mol. The third kappa shape index (κ3) is 10.8. The van der Waals surface area contributed by atoms with E-state index in [1.165, 1.54) is 14.0 Å². The van der Waals surface area contributed by atoms with Crippen LogP contribution < -0.4 is 9.47 Å². The number of carbonyl (C=O) groups is 4. The highest BCUT2D eigenvalue weighted by Gasteiger charge is 2.10. The van der Waals surface area contributed by atoms with Gasteiger partial charge in [0.2, 0.25) is 0 Å². The largest absolute Gasteiger partial charge is 0.486 e. The van der Waals surface area contributed by atoms with E-state index >= 15 is 0 Å². The van der Waals surface area contributed by atoms with E-state index in [-0.39, 0.29) is 32.2 Å². The standard InChI is InChI=1S/C18H22O10/c1-13(19)9-26-14-3-5-15(6-4-14)27-11-18(22)28-12-17(21)25-8-7-24-16(20)10-23-2/h3-6H,7-12H2,1-2H3. The predicted molar refractivity (Wildman–Crippen MR) is 92.9 cm³/mol. The summed E-state index contributed by atoms with van der Waals surface area (Å²) in [5, 5.41) is 0. The minimum Gasteiger partial charge on any atom is -0.486 e. The van der Waals surface area contributed by atoms with Gasteiger partial charge in [-0.3, -0.25) is 4.79 Å². The average Bonchev–Trinajstić information content (AvgIpc) is 2.67. The Bertz CT molecular complexity index is 653. The lowest BCUT2D eigenvalue weighted by molar-refractivity contribution is -0.162. The van der Waals surface area contributed by atoms with Crippen molar-refractivity contribution in [3.8, 4) is 11.5 Å². The maximum absolute atomic E-state index is 11.6. The van der Waals surface area contributed by atoms with E-state index in [4.69, 9.17) is 18.9 Å². The number of benzene rings is 1. The summed E-state index contributed by atoms with van der Waals surface area (Å²) < 4.78 is 29.1. The Morgan fingerprint density at radius 3 is 1.64 bits per heavy atom. The van der Waals surface area contributed by atoms with Crippen LogP contribution in [-0.2, 0) is 38.1 Å². The first-order valence-corrected chi connectivity index (χ1v) is 8.21. The van der Waals surface area contributed by atoms with E-state index in [9.17, 15) is 19.2 Å². The fourth-order valence-electron chi connectivity index (χ4n) is 1.65. The number of hydrogen-bond acceptors (Lipinski definition) is 10. The maximum atomic E-state index is 11.6. The van der Waals surface area contributed by atoms with Gasteiger partial charge in [-0.15, -0.1) is 0 Å². The van der Waals surface area contributed by atoms with Crippen LogP contribution in [0, 0.1) is 0 Å². The monoisotopic (exact) mass is 398 g/mol. The van der Waals surface area contributed by atoms with E-state index in [2.05, 4.69) is 9.47 Å². The molecule has 10 nitrogen and oxygen atoms in total. The molecule has 0 N–H and O–H groups in total. The molecular formula is C18H22O10. The van der Waals surface area contributed by atoms with Gasteiger partial charge in [-0.25, -0.2) is 14.4 Å². The summed E-state index contributed by atoms with van der Waals surface area (Å²) in [6.07, 6.45) is 0. The molecule has 0 heterocycles. The second kappa shape index (κ2) is 13.1. The van der Waals surface area contributed by atoms with Crippen LogP contribution in [0.1, 0.15) is 6.92 Å². The van der Waals surface area contributed by atoms with Crippen LogP contribution in [0.2, 0.25) is 0 Å². The Hall–Kier alpha value is -3.14. The first kappa shape index (κ1) is 22.9. The molecule has 10 heteroatoms. The van der Waals surface area contributed by atoms with Crippen molar-refractivity contribution < 1.29 is 47.6 Å². The highest BCUT2D eigenvalue weighted by Crippen LogP contribution is 2.17. The molecule has 0 fully saturated rings. The minimum atomic E-state index is -0.789. The number of rotatable bonds is 13. The van der Waals surface area contributed by atoms with Crippen molar-refractivity contribution in [2.24, 2.45) is 0 Å². The third-order valence-corrected chi connectivity index (χ3v) is 2.85. The zero-order valence-corrected chi connectivity index (χ0v) is 15.6. The Morgan fingerprint density at radius 1 is 0.679 bits per heavy atom. The molecule has 0 atom stereocenters. The Morgan fingerprint density at radius 2 is 1.14 bits per heavy atom. The van der Waals surface area contributed by atoms with Crippen molar-refractivity contribution in [1.82, 2.24) is 0 Å². The topological polar surface area (TPSA) is 124 Å². The number of ketones is 1. The van der Waals surface area contributed by atoms with Gasteiger partial charge in [-0.1, -0.05) is 0 Å². The summed E-state index contributed by atoms with van der Waals surface area (Å²) in [6, 6.07) is 6.28. The highest BCUT2D eigenvalue weighted by atomic mass is 16.6. The SMILES string of the molecule is COCC(=O)OCCOC(=O)COC(=O)COc1ccc(OCC(C)=O)cc1. The summed E-state index contributed by atoms with van der Waals surface area (Å²) in [4.78, 5) is 44.8. The lowest BCUT2D eigenvalue weighted by Gasteiger charge is -2.09. The van der Waals surface area contributed by atoms with Crippen molar-refractivity contribution in [2.45, 2.75) is 6.92 Å². The van der Waals surface area contributed by atoms with Crippen molar-refractivity contribution in [1.29, 1.82) is 0 Å². The van der Waals surface area contributed by atoms with Gasteiger partial charge in [0.1, 0.15) is 37.9 Å². The molecule has 1 aromatic rings. The Balaban J connectivity index is 2.16. The second-order valence-corrected chi connectivity index (χ2v) is 5.29. The molecule has 0 aliphatic carbocycles. The molecule has 0 aliphatic rings. The van der Waals surface area contributed by atoms with Gasteiger partial charge in [0.15, 0.2) is 19.0 Å². The molecule has 0 radical (unpaired) electrons. The van der Waals surface area contributed by atoms with Gasteiger partial charge in [0.25, 0.3) is 0 Å². The van der Waals surface area contributed by atoms with Gasteiger partial charge in [-0.2, -0.15) is 0 Å². The highest BCUT2D eigenvalue weighted by molar-refractivity contribution is 5.77. The second-order valence-electron chi connectivity index (χ2n) is 5.29. The zero-order chi connectivity index (χ0) is 20.8. The first-order valence-electron chi connectivity index (χ1n) is 8.21. The summed E-state index contributed by atoms with van der Waals surface area (Å²) in [6.45, 7) is -0.104. The van der Waals surface area contributed by atoms with Crippen molar-refractivity contribution in [2.75, 3.05) is 46.8 Å². The lowest BCUT2D eigenvalue weighted by atomic mass is 10.3. The summed E-state index contributed by atoms with van der Waals surface area (Å²) in [5.74, 6) is -1.37. The summed E-state index contributed by atoms with van der Waals surface area (Å²) in [5.41, 5.74) is 0. The van der Waals surface area contributed by atoms with E-state index in [0.717, 1.165) is 0 Å². The Kier molecular flexibility index (Phi) is 10.7. The normalized spacial score (nSPS) is 9.93. The molecule has 1 aromatic carbocycles. The number of ether oxygens (including phenoxy) is 6. The number of esters is 3. The molecule has 0 saturated carbocycles. The molecule has 0 aliphatic heterocycles. The smallest absolute Gasteiger partial charge is 0.344 e. The number of Topliss-reactive ketones (excluding diaryl/α,β-unsaturated/α-hetero) is 1. The summed E-state index contributed by atoms with van der Waals surface area (Å²) >= 11 is 0.